The van der Waals surface area contributed by atoms with Crippen molar-refractivity contribution in [3.05, 3.63) is 40.8 Å². The van der Waals surface area contributed by atoms with E-state index in [1.807, 2.05) is 24.3 Å². The summed E-state index contributed by atoms with van der Waals surface area (Å²) < 4.78 is 1.59. The summed E-state index contributed by atoms with van der Waals surface area (Å²) in [5.41, 5.74) is 0.0188. The summed E-state index contributed by atoms with van der Waals surface area (Å²) in [4.78, 5) is 12.3. The molecule has 1 aromatic carbocycles. The van der Waals surface area contributed by atoms with Gasteiger partial charge in [-0.2, -0.15) is 5.10 Å². The number of hydrogen-bond donors (Lipinski definition) is 1. The predicted octanol–water partition coefficient (Wildman–Crippen LogP) is 2.95. The molecular formula is C17H25N3O. The number of rotatable bonds is 8. The minimum Gasteiger partial charge on any atom is -0.314 e. The van der Waals surface area contributed by atoms with Gasteiger partial charge in [-0.3, -0.25) is 4.79 Å². The SMILES string of the molecule is CCCNC(C)CCCCn1ncc2ccccc2c1=O. The molecule has 0 aliphatic heterocycles. The highest BCUT2D eigenvalue weighted by atomic mass is 16.1. The molecule has 0 spiro atoms. The summed E-state index contributed by atoms with van der Waals surface area (Å²) in [6.45, 7) is 6.17. The van der Waals surface area contributed by atoms with Crippen molar-refractivity contribution in [1.29, 1.82) is 0 Å². The second-order valence-electron chi connectivity index (χ2n) is 5.61. The number of fused-ring (bicyclic) bond motifs is 1. The van der Waals surface area contributed by atoms with Gasteiger partial charge in [-0.25, -0.2) is 4.68 Å². The van der Waals surface area contributed by atoms with Crippen LogP contribution in [-0.2, 0) is 6.54 Å². The van der Waals surface area contributed by atoms with Crippen LogP contribution < -0.4 is 10.9 Å². The van der Waals surface area contributed by atoms with Crippen molar-refractivity contribution in [2.45, 2.75) is 52.1 Å². The summed E-state index contributed by atoms with van der Waals surface area (Å²) in [7, 11) is 0. The molecule has 2 rings (SSSR count). The van der Waals surface area contributed by atoms with Crippen LogP contribution in [0.2, 0.25) is 0 Å². The standard InChI is InChI=1S/C17H25N3O/c1-3-11-18-14(2)8-6-7-12-20-17(21)16-10-5-4-9-15(16)13-19-20/h4-5,9-10,13-14,18H,3,6-8,11-12H2,1-2H3. The monoisotopic (exact) mass is 287 g/mol. The molecule has 1 unspecified atom stereocenters. The Balaban J connectivity index is 1.87. The van der Waals surface area contributed by atoms with Gasteiger partial charge in [0.25, 0.3) is 5.56 Å². The molecule has 4 nitrogen and oxygen atoms in total. The van der Waals surface area contributed by atoms with Gasteiger partial charge in [0.05, 0.1) is 11.6 Å². The summed E-state index contributed by atoms with van der Waals surface area (Å²) in [5.74, 6) is 0. The highest BCUT2D eigenvalue weighted by Crippen LogP contribution is 2.07. The van der Waals surface area contributed by atoms with Crippen molar-refractivity contribution in [2.24, 2.45) is 0 Å². The first-order chi connectivity index (χ1) is 10.2. The van der Waals surface area contributed by atoms with Gasteiger partial charge in [-0.05, 0) is 38.8 Å². The van der Waals surface area contributed by atoms with Crippen molar-refractivity contribution in [2.75, 3.05) is 6.54 Å². The van der Waals surface area contributed by atoms with E-state index in [0.717, 1.165) is 36.6 Å². The molecule has 0 saturated heterocycles. The summed E-state index contributed by atoms with van der Waals surface area (Å²) in [5, 5.41) is 9.41. The summed E-state index contributed by atoms with van der Waals surface area (Å²) in [6.07, 6.45) is 6.19. The summed E-state index contributed by atoms with van der Waals surface area (Å²) in [6, 6.07) is 8.17. The molecule has 1 heterocycles. The molecule has 4 heteroatoms. The number of aryl methyl sites for hydroxylation is 1. The van der Waals surface area contributed by atoms with E-state index in [4.69, 9.17) is 0 Å². The fraction of sp³-hybridized carbons (Fsp3) is 0.529. The predicted molar refractivity (Wildman–Crippen MR) is 87.6 cm³/mol. The smallest absolute Gasteiger partial charge is 0.274 e. The first-order valence-electron chi connectivity index (χ1n) is 7.90. The number of nitrogens with one attached hydrogen (secondary N) is 1. The lowest BCUT2D eigenvalue weighted by Crippen LogP contribution is -2.27. The third-order valence-corrected chi connectivity index (χ3v) is 3.76. The lowest BCUT2D eigenvalue weighted by Gasteiger charge is -2.12. The second kappa shape index (κ2) is 7.93. The van der Waals surface area contributed by atoms with Crippen LogP contribution in [0.1, 0.15) is 39.5 Å². The Kier molecular flexibility index (Phi) is 5.93. The van der Waals surface area contributed by atoms with Gasteiger partial charge < -0.3 is 5.32 Å². The van der Waals surface area contributed by atoms with E-state index in [0.29, 0.717) is 12.6 Å². The van der Waals surface area contributed by atoms with Crippen LogP contribution in [0.5, 0.6) is 0 Å². The normalized spacial score (nSPS) is 12.7. The first kappa shape index (κ1) is 15.7. The van der Waals surface area contributed by atoms with Crippen molar-refractivity contribution >= 4 is 10.8 Å². The first-order valence-corrected chi connectivity index (χ1v) is 7.90. The Bertz CT molecular complexity index is 621. The number of benzene rings is 1. The minimum absolute atomic E-state index is 0.0188. The zero-order valence-corrected chi connectivity index (χ0v) is 13.0. The van der Waals surface area contributed by atoms with E-state index in [1.165, 1.54) is 6.42 Å². The van der Waals surface area contributed by atoms with E-state index < -0.39 is 0 Å². The van der Waals surface area contributed by atoms with Crippen LogP contribution >= 0.6 is 0 Å². The summed E-state index contributed by atoms with van der Waals surface area (Å²) >= 11 is 0. The highest BCUT2D eigenvalue weighted by molar-refractivity contribution is 5.80. The van der Waals surface area contributed by atoms with Gasteiger partial charge in [0, 0.05) is 18.0 Å². The van der Waals surface area contributed by atoms with Crippen molar-refractivity contribution in [3.63, 3.8) is 0 Å². The van der Waals surface area contributed by atoms with Crippen LogP contribution in [0.25, 0.3) is 10.8 Å². The van der Waals surface area contributed by atoms with Gasteiger partial charge in [0.2, 0.25) is 0 Å². The van der Waals surface area contributed by atoms with Gasteiger partial charge in [-0.15, -0.1) is 0 Å². The maximum atomic E-state index is 12.3. The van der Waals surface area contributed by atoms with E-state index in [-0.39, 0.29) is 5.56 Å². The Labute approximate surface area is 126 Å². The van der Waals surface area contributed by atoms with Crippen molar-refractivity contribution < 1.29 is 0 Å². The molecule has 1 N–H and O–H groups in total. The number of nitrogens with zero attached hydrogens (tertiary/aromatic N) is 2. The van der Waals surface area contributed by atoms with E-state index in [1.54, 1.807) is 10.9 Å². The average Bonchev–Trinajstić information content (AvgIpc) is 2.51. The van der Waals surface area contributed by atoms with Gasteiger partial charge in [-0.1, -0.05) is 31.5 Å². The molecular weight excluding hydrogens is 262 g/mol. The van der Waals surface area contributed by atoms with E-state index in [2.05, 4.69) is 24.3 Å². The van der Waals surface area contributed by atoms with Crippen molar-refractivity contribution in [1.82, 2.24) is 15.1 Å². The molecule has 0 fully saturated rings. The molecule has 0 bridgehead atoms. The quantitative estimate of drug-likeness (QED) is 0.759. The zero-order chi connectivity index (χ0) is 15.1. The fourth-order valence-corrected chi connectivity index (χ4v) is 2.49. The minimum atomic E-state index is 0.0188. The molecule has 2 aromatic rings. The molecule has 0 saturated carbocycles. The van der Waals surface area contributed by atoms with E-state index >= 15 is 0 Å². The molecule has 0 aliphatic rings. The van der Waals surface area contributed by atoms with Gasteiger partial charge in [0.1, 0.15) is 0 Å². The molecule has 0 amide bonds. The lowest BCUT2D eigenvalue weighted by molar-refractivity contribution is 0.461. The highest BCUT2D eigenvalue weighted by Gasteiger charge is 2.04. The Hall–Kier alpha value is -1.68. The Morgan fingerprint density at radius 3 is 2.90 bits per heavy atom. The average molecular weight is 287 g/mol. The molecule has 1 atom stereocenters. The number of aromatic nitrogens is 2. The molecule has 0 aliphatic carbocycles. The lowest BCUT2D eigenvalue weighted by atomic mass is 10.1. The molecule has 21 heavy (non-hydrogen) atoms. The third-order valence-electron chi connectivity index (χ3n) is 3.76. The second-order valence-corrected chi connectivity index (χ2v) is 5.61. The Morgan fingerprint density at radius 1 is 1.29 bits per heavy atom. The van der Waals surface area contributed by atoms with Crippen LogP contribution in [0.4, 0.5) is 0 Å². The van der Waals surface area contributed by atoms with Crippen LogP contribution in [-0.4, -0.2) is 22.4 Å². The van der Waals surface area contributed by atoms with Crippen LogP contribution in [0.15, 0.2) is 35.3 Å². The number of hydrogen-bond acceptors (Lipinski definition) is 3. The van der Waals surface area contributed by atoms with E-state index in [9.17, 15) is 4.79 Å². The zero-order valence-electron chi connectivity index (χ0n) is 13.0. The molecule has 114 valence electrons. The third kappa shape index (κ3) is 4.39. The fourth-order valence-electron chi connectivity index (χ4n) is 2.49. The maximum absolute atomic E-state index is 12.3. The van der Waals surface area contributed by atoms with Gasteiger partial charge in [0.15, 0.2) is 0 Å². The largest absolute Gasteiger partial charge is 0.314 e. The topological polar surface area (TPSA) is 46.9 Å². The molecule has 1 aromatic heterocycles. The maximum Gasteiger partial charge on any atom is 0.274 e. The van der Waals surface area contributed by atoms with Crippen LogP contribution in [0.3, 0.4) is 0 Å². The van der Waals surface area contributed by atoms with Crippen LogP contribution in [0, 0.1) is 0 Å². The Morgan fingerprint density at radius 2 is 2.10 bits per heavy atom. The van der Waals surface area contributed by atoms with Gasteiger partial charge >= 0.3 is 0 Å². The molecule has 0 radical (unpaired) electrons. The van der Waals surface area contributed by atoms with Crippen molar-refractivity contribution in [3.8, 4) is 0 Å². The number of unbranched alkanes of at least 4 members (excludes halogenated alkanes) is 1.